The number of hydrogen-bond acceptors (Lipinski definition) is 3. The Bertz CT molecular complexity index is 415. The fourth-order valence-electron chi connectivity index (χ4n) is 0.881. The molecule has 2 N–H and O–H groups in total. The molecule has 4 nitrogen and oxygen atoms in total. The molecular formula is C9H12BrNO3S. The van der Waals surface area contributed by atoms with Crippen molar-refractivity contribution in [3.05, 3.63) is 28.7 Å². The first-order valence-corrected chi connectivity index (χ1v) is 6.67. The minimum Gasteiger partial charge on any atom is -0.395 e. The lowest BCUT2D eigenvalue weighted by Crippen LogP contribution is -2.28. The van der Waals surface area contributed by atoms with Crippen LogP contribution in [0.5, 0.6) is 0 Å². The Balaban J connectivity index is 2.82. The number of benzene rings is 1. The molecule has 0 aliphatic heterocycles. The van der Waals surface area contributed by atoms with Gasteiger partial charge in [0.2, 0.25) is 10.0 Å². The third-order valence-corrected chi connectivity index (χ3v) is 4.15. The van der Waals surface area contributed by atoms with Gasteiger partial charge in [-0.15, -0.1) is 0 Å². The summed E-state index contributed by atoms with van der Waals surface area (Å²) < 4.78 is 26.3. The first kappa shape index (κ1) is 12.5. The SMILES string of the molecule is CC(CO)S(=O)(=O)Nc1ccc(Br)cc1. The van der Waals surface area contributed by atoms with Crippen molar-refractivity contribution in [2.45, 2.75) is 12.2 Å². The van der Waals surface area contributed by atoms with Crippen molar-refractivity contribution in [3.8, 4) is 0 Å². The molecule has 1 rings (SSSR count). The van der Waals surface area contributed by atoms with E-state index in [0.29, 0.717) is 5.69 Å². The number of rotatable bonds is 4. The van der Waals surface area contributed by atoms with E-state index in [1.54, 1.807) is 24.3 Å². The predicted octanol–water partition coefficient (Wildman–Crippen LogP) is 1.57. The van der Waals surface area contributed by atoms with Crippen molar-refractivity contribution in [2.75, 3.05) is 11.3 Å². The largest absolute Gasteiger partial charge is 0.395 e. The molecule has 1 aromatic rings. The number of hydrogen-bond donors (Lipinski definition) is 2. The van der Waals surface area contributed by atoms with E-state index < -0.39 is 21.9 Å². The molecule has 0 aromatic heterocycles. The van der Waals surface area contributed by atoms with Crippen molar-refractivity contribution in [2.24, 2.45) is 0 Å². The van der Waals surface area contributed by atoms with Gasteiger partial charge in [-0.1, -0.05) is 15.9 Å². The molecule has 15 heavy (non-hydrogen) atoms. The van der Waals surface area contributed by atoms with E-state index in [1.807, 2.05) is 0 Å². The van der Waals surface area contributed by atoms with Crippen LogP contribution >= 0.6 is 15.9 Å². The highest BCUT2D eigenvalue weighted by molar-refractivity contribution is 9.10. The van der Waals surface area contributed by atoms with Gasteiger partial charge in [-0.2, -0.15) is 0 Å². The van der Waals surface area contributed by atoms with Gasteiger partial charge in [0, 0.05) is 10.2 Å². The average Bonchev–Trinajstić information content (AvgIpc) is 2.20. The Kier molecular flexibility index (Phi) is 4.12. The third kappa shape index (κ3) is 3.48. The lowest BCUT2D eigenvalue weighted by atomic mass is 10.3. The number of sulfonamides is 1. The first-order chi connectivity index (χ1) is 6.95. The highest BCUT2D eigenvalue weighted by Crippen LogP contribution is 2.16. The second-order valence-corrected chi connectivity index (χ2v) is 6.16. The van der Waals surface area contributed by atoms with Crippen LogP contribution in [0.4, 0.5) is 5.69 Å². The molecule has 0 spiro atoms. The van der Waals surface area contributed by atoms with Gasteiger partial charge in [0.05, 0.1) is 6.61 Å². The number of nitrogens with one attached hydrogen (secondary N) is 1. The summed E-state index contributed by atoms with van der Waals surface area (Å²) in [7, 11) is -3.49. The standard InChI is InChI=1S/C9H12BrNO3S/c1-7(6-12)15(13,14)11-9-4-2-8(10)3-5-9/h2-5,7,11-12H,6H2,1H3. The second-order valence-electron chi connectivity index (χ2n) is 3.15. The average molecular weight is 294 g/mol. The van der Waals surface area contributed by atoms with Crippen molar-refractivity contribution >= 4 is 31.6 Å². The number of anilines is 1. The molecule has 6 heteroatoms. The van der Waals surface area contributed by atoms with E-state index in [0.717, 1.165) is 4.47 Å². The molecule has 1 atom stereocenters. The van der Waals surface area contributed by atoms with E-state index >= 15 is 0 Å². The molecule has 1 unspecified atom stereocenters. The zero-order valence-electron chi connectivity index (χ0n) is 8.14. The van der Waals surface area contributed by atoms with Gasteiger partial charge in [0.25, 0.3) is 0 Å². The van der Waals surface area contributed by atoms with Gasteiger partial charge in [-0.25, -0.2) is 8.42 Å². The Morgan fingerprint density at radius 3 is 2.40 bits per heavy atom. The van der Waals surface area contributed by atoms with Crippen molar-refractivity contribution in [1.29, 1.82) is 0 Å². The number of halogens is 1. The monoisotopic (exact) mass is 293 g/mol. The highest BCUT2D eigenvalue weighted by atomic mass is 79.9. The van der Waals surface area contributed by atoms with Gasteiger partial charge >= 0.3 is 0 Å². The topological polar surface area (TPSA) is 66.4 Å². The van der Waals surface area contributed by atoms with E-state index in [2.05, 4.69) is 20.7 Å². The quantitative estimate of drug-likeness (QED) is 0.886. The van der Waals surface area contributed by atoms with E-state index in [9.17, 15) is 8.42 Å². The zero-order valence-corrected chi connectivity index (χ0v) is 10.5. The fourth-order valence-corrected chi connectivity index (χ4v) is 2.01. The van der Waals surface area contributed by atoms with Crippen LogP contribution in [0.2, 0.25) is 0 Å². The summed E-state index contributed by atoms with van der Waals surface area (Å²) in [4.78, 5) is 0. The fraction of sp³-hybridized carbons (Fsp3) is 0.333. The predicted molar refractivity (Wildman–Crippen MR) is 63.2 cm³/mol. The summed E-state index contributed by atoms with van der Waals surface area (Å²) in [6.07, 6.45) is 0. The van der Waals surface area contributed by atoms with E-state index in [4.69, 9.17) is 5.11 Å². The Labute approximate surface area is 97.5 Å². The maximum atomic E-state index is 11.5. The van der Waals surface area contributed by atoms with Gasteiger partial charge in [0.15, 0.2) is 0 Å². The molecule has 0 saturated heterocycles. The maximum absolute atomic E-state index is 11.5. The van der Waals surface area contributed by atoms with Crippen LogP contribution in [0, 0.1) is 0 Å². The molecule has 0 fully saturated rings. The normalized spacial score (nSPS) is 13.5. The molecule has 0 bridgehead atoms. The first-order valence-electron chi connectivity index (χ1n) is 4.34. The molecule has 0 aliphatic carbocycles. The van der Waals surface area contributed by atoms with Crippen LogP contribution in [0.3, 0.4) is 0 Å². The maximum Gasteiger partial charge on any atom is 0.237 e. The summed E-state index contributed by atoms with van der Waals surface area (Å²) in [5, 5.41) is 7.95. The van der Waals surface area contributed by atoms with Crippen LogP contribution in [0.15, 0.2) is 28.7 Å². The molecule has 84 valence electrons. The molecule has 0 radical (unpaired) electrons. The van der Waals surface area contributed by atoms with Crippen molar-refractivity contribution < 1.29 is 13.5 Å². The lowest BCUT2D eigenvalue weighted by molar-refractivity contribution is 0.296. The third-order valence-electron chi connectivity index (χ3n) is 1.89. The van der Waals surface area contributed by atoms with Crippen LogP contribution in [-0.4, -0.2) is 25.4 Å². The van der Waals surface area contributed by atoms with Crippen LogP contribution in [0.25, 0.3) is 0 Å². The lowest BCUT2D eigenvalue weighted by Gasteiger charge is -2.12. The minimum absolute atomic E-state index is 0.397. The summed E-state index contributed by atoms with van der Waals surface area (Å²) in [6.45, 7) is 1.05. The Morgan fingerprint density at radius 1 is 1.40 bits per heavy atom. The second kappa shape index (κ2) is 4.96. The van der Waals surface area contributed by atoms with Crippen LogP contribution in [0.1, 0.15) is 6.92 Å². The summed E-state index contributed by atoms with van der Waals surface area (Å²) in [5.74, 6) is 0. The molecule has 0 amide bonds. The highest BCUT2D eigenvalue weighted by Gasteiger charge is 2.19. The van der Waals surface area contributed by atoms with Crippen molar-refractivity contribution in [1.82, 2.24) is 0 Å². The van der Waals surface area contributed by atoms with E-state index in [-0.39, 0.29) is 0 Å². The Morgan fingerprint density at radius 2 is 1.93 bits per heavy atom. The van der Waals surface area contributed by atoms with Crippen LogP contribution < -0.4 is 4.72 Å². The smallest absolute Gasteiger partial charge is 0.237 e. The van der Waals surface area contributed by atoms with Gasteiger partial charge in [0.1, 0.15) is 5.25 Å². The molecule has 0 saturated carbocycles. The Hall–Kier alpha value is -0.590. The molecule has 1 aromatic carbocycles. The minimum atomic E-state index is -3.49. The van der Waals surface area contributed by atoms with Crippen LogP contribution in [-0.2, 0) is 10.0 Å². The van der Waals surface area contributed by atoms with Gasteiger partial charge < -0.3 is 5.11 Å². The number of aliphatic hydroxyl groups excluding tert-OH is 1. The van der Waals surface area contributed by atoms with E-state index in [1.165, 1.54) is 6.92 Å². The summed E-state index contributed by atoms with van der Waals surface area (Å²) >= 11 is 3.25. The van der Waals surface area contributed by atoms with Crippen molar-refractivity contribution in [3.63, 3.8) is 0 Å². The molecule has 0 aliphatic rings. The number of aliphatic hydroxyl groups is 1. The summed E-state index contributed by atoms with van der Waals surface area (Å²) in [6, 6.07) is 6.76. The van der Waals surface area contributed by atoms with Gasteiger partial charge in [-0.3, -0.25) is 4.72 Å². The summed E-state index contributed by atoms with van der Waals surface area (Å²) in [5.41, 5.74) is 0.485. The molecule has 0 heterocycles. The zero-order chi connectivity index (χ0) is 11.5. The van der Waals surface area contributed by atoms with Gasteiger partial charge in [-0.05, 0) is 31.2 Å². The molecular weight excluding hydrogens is 282 g/mol.